The van der Waals surface area contributed by atoms with Gasteiger partial charge in [-0.15, -0.1) is 0 Å². The van der Waals surface area contributed by atoms with E-state index < -0.39 is 10.0 Å². The van der Waals surface area contributed by atoms with Crippen molar-refractivity contribution in [1.29, 1.82) is 0 Å². The average molecular weight is 471 g/mol. The minimum Gasteiger partial charge on any atom is -0.495 e. The Morgan fingerprint density at radius 3 is 2.18 bits per heavy atom. The lowest BCUT2D eigenvalue weighted by atomic mass is 9.81. The van der Waals surface area contributed by atoms with E-state index >= 15 is 0 Å². The first-order valence-electron chi connectivity index (χ1n) is 11.4. The summed E-state index contributed by atoms with van der Waals surface area (Å²) in [5.41, 5.74) is 1.47. The van der Waals surface area contributed by atoms with E-state index in [4.69, 9.17) is 4.74 Å². The van der Waals surface area contributed by atoms with Crippen LogP contribution < -0.4 is 4.74 Å². The quantitative estimate of drug-likeness (QED) is 0.551. The molecule has 2 aromatic rings. The molecule has 2 fully saturated rings. The third-order valence-corrected chi connectivity index (χ3v) is 8.62. The van der Waals surface area contributed by atoms with Gasteiger partial charge >= 0.3 is 0 Å². The lowest BCUT2D eigenvalue weighted by Gasteiger charge is -2.23. The molecular weight excluding hydrogens is 440 g/mol. The molecule has 0 spiro atoms. The Balaban J connectivity index is 1.62. The predicted molar refractivity (Wildman–Crippen MR) is 124 cm³/mol. The largest absolute Gasteiger partial charge is 0.495 e. The van der Waals surface area contributed by atoms with E-state index in [1.807, 2.05) is 30.3 Å². The van der Waals surface area contributed by atoms with Crippen molar-refractivity contribution in [2.45, 2.75) is 50.6 Å². The predicted octanol–water partition coefficient (Wildman–Crippen LogP) is 3.58. The molecule has 1 aliphatic heterocycles. The number of hydrogen-bond donors (Lipinski definition) is 0. The number of benzene rings is 2. The number of rotatable bonds is 8. The van der Waals surface area contributed by atoms with Crippen LogP contribution in [0.25, 0.3) is 0 Å². The van der Waals surface area contributed by atoms with E-state index in [-0.39, 0.29) is 53.9 Å². The Hall–Kier alpha value is -2.71. The van der Waals surface area contributed by atoms with E-state index in [0.29, 0.717) is 5.56 Å². The number of carbonyl (C=O) groups is 2. The third-order valence-electron chi connectivity index (χ3n) is 6.67. The first kappa shape index (κ1) is 23.4. The number of imide groups is 1. The van der Waals surface area contributed by atoms with Crippen molar-refractivity contribution < 1.29 is 22.7 Å². The summed E-state index contributed by atoms with van der Waals surface area (Å²) in [6.45, 7) is 2.39. The van der Waals surface area contributed by atoms with Crippen molar-refractivity contribution in [1.82, 2.24) is 9.21 Å². The summed E-state index contributed by atoms with van der Waals surface area (Å²) in [4.78, 5) is 27.1. The van der Waals surface area contributed by atoms with Gasteiger partial charge in [-0.1, -0.05) is 56.2 Å². The highest BCUT2D eigenvalue weighted by Crippen LogP contribution is 2.39. The fourth-order valence-corrected chi connectivity index (χ4v) is 6.53. The van der Waals surface area contributed by atoms with Crippen LogP contribution in [-0.2, 0) is 32.7 Å². The highest BCUT2D eigenvalue weighted by atomic mass is 32.2. The lowest BCUT2D eigenvalue weighted by Crippen LogP contribution is -2.32. The van der Waals surface area contributed by atoms with Crippen LogP contribution in [-0.4, -0.2) is 43.1 Å². The van der Waals surface area contributed by atoms with Crippen LogP contribution in [0.2, 0.25) is 0 Å². The second-order valence-electron chi connectivity index (χ2n) is 8.66. The van der Waals surface area contributed by atoms with Gasteiger partial charge in [0, 0.05) is 13.1 Å². The normalized spacial score (nSPS) is 20.9. The summed E-state index contributed by atoms with van der Waals surface area (Å²) in [5, 5.41) is 0. The second-order valence-corrected chi connectivity index (χ2v) is 10.6. The Labute approximate surface area is 195 Å². The number of fused-ring (bicyclic) bond motifs is 1. The van der Waals surface area contributed by atoms with E-state index in [2.05, 4.69) is 0 Å². The van der Waals surface area contributed by atoms with Crippen molar-refractivity contribution in [3.8, 4) is 5.75 Å². The number of likely N-dealkylation sites (tertiary alicyclic amines) is 1. The van der Waals surface area contributed by atoms with Crippen LogP contribution in [0.1, 0.15) is 43.7 Å². The zero-order valence-electron chi connectivity index (χ0n) is 19.1. The SMILES string of the molecule is CCN(Cc1ccccc1)S(=O)(=O)c1cc(CN2C(=O)[C@H]3CCCC[C@@H]3C2=O)ccc1OC. The van der Waals surface area contributed by atoms with Crippen molar-refractivity contribution in [2.75, 3.05) is 13.7 Å². The fraction of sp³-hybridized carbons (Fsp3) is 0.440. The van der Waals surface area contributed by atoms with Crippen molar-refractivity contribution >= 4 is 21.8 Å². The topological polar surface area (TPSA) is 84.0 Å². The standard InChI is InChI=1S/C25H30N2O5S/c1-3-26(16-18-9-5-4-6-10-18)33(30,31)23-15-19(13-14-22(23)32-2)17-27-24(28)20-11-7-8-12-21(20)25(27)29/h4-6,9-10,13-15,20-21H,3,7-8,11-12,16-17H2,1-2H3/t20-,21-/m0/s1. The summed E-state index contributed by atoms with van der Waals surface area (Å²) >= 11 is 0. The molecule has 0 unspecified atom stereocenters. The van der Waals surface area contributed by atoms with Gasteiger partial charge in [0.1, 0.15) is 10.6 Å². The number of sulfonamides is 1. The Morgan fingerprint density at radius 2 is 1.61 bits per heavy atom. The van der Waals surface area contributed by atoms with Gasteiger partial charge in [0.2, 0.25) is 21.8 Å². The van der Waals surface area contributed by atoms with Gasteiger partial charge in [-0.2, -0.15) is 4.31 Å². The molecule has 2 aromatic carbocycles. The monoisotopic (exact) mass is 470 g/mol. The summed E-state index contributed by atoms with van der Waals surface area (Å²) in [6, 6.07) is 14.2. The maximum atomic E-state index is 13.6. The maximum Gasteiger partial charge on any atom is 0.247 e. The summed E-state index contributed by atoms with van der Waals surface area (Å²) < 4.78 is 33.9. The summed E-state index contributed by atoms with van der Waals surface area (Å²) in [7, 11) is -2.45. The van der Waals surface area contributed by atoms with E-state index in [0.717, 1.165) is 31.2 Å². The van der Waals surface area contributed by atoms with E-state index in [9.17, 15) is 18.0 Å². The number of ether oxygens (including phenoxy) is 1. The fourth-order valence-electron chi connectivity index (χ4n) is 4.88. The molecule has 0 radical (unpaired) electrons. The highest BCUT2D eigenvalue weighted by Gasteiger charge is 2.48. The number of nitrogens with zero attached hydrogens (tertiary/aromatic N) is 2. The molecule has 1 saturated heterocycles. The molecule has 2 atom stereocenters. The summed E-state index contributed by atoms with van der Waals surface area (Å²) in [6.07, 6.45) is 3.43. The van der Waals surface area contributed by atoms with Crippen molar-refractivity contribution in [2.24, 2.45) is 11.8 Å². The third kappa shape index (κ3) is 4.54. The van der Waals surface area contributed by atoms with Gasteiger partial charge in [0.15, 0.2) is 0 Å². The zero-order chi connectivity index (χ0) is 23.6. The minimum absolute atomic E-state index is 0.0387. The molecule has 7 nitrogen and oxygen atoms in total. The minimum atomic E-state index is -3.88. The van der Waals surface area contributed by atoms with Gasteiger partial charge in [0.25, 0.3) is 0 Å². The van der Waals surface area contributed by atoms with E-state index in [1.54, 1.807) is 19.1 Å². The molecule has 176 valence electrons. The Bertz CT molecular complexity index is 1110. The van der Waals surface area contributed by atoms with Gasteiger partial charge in [-0.3, -0.25) is 14.5 Å². The molecule has 0 N–H and O–H groups in total. The van der Waals surface area contributed by atoms with Crippen LogP contribution in [0.4, 0.5) is 0 Å². The molecule has 0 aromatic heterocycles. The molecule has 33 heavy (non-hydrogen) atoms. The van der Waals surface area contributed by atoms with Gasteiger partial charge in [-0.05, 0) is 36.1 Å². The molecule has 1 aliphatic carbocycles. The van der Waals surface area contributed by atoms with E-state index in [1.165, 1.54) is 22.4 Å². The molecule has 4 rings (SSSR count). The number of methoxy groups -OCH3 is 1. The first-order chi connectivity index (χ1) is 15.9. The van der Waals surface area contributed by atoms with Crippen LogP contribution >= 0.6 is 0 Å². The number of carbonyl (C=O) groups excluding carboxylic acids is 2. The van der Waals surface area contributed by atoms with Gasteiger partial charge < -0.3 is 4.74 Å². The maximum absolute atomic E-state index is 13.6. The number of amides is 2. The van der Waals surface area contributed by atoms with Crippen LogP contribution in [0, 0.1) is 11.8 Å². The second kappa shape index (κ2) is 9.65. The molecule has 1 heterocycles. The molecule has 1 saturated carbocycles. The number of hydrogen-bond acceptors (Lipinski definition) is 5. The van der Waals surface area contributed by atoms with Crippen LogP contribution in [0.15, 0.2) is 53.4 Å². The van der Waals surface area contributed by atoms with Crippen LogP contribution in [0.3, 0.4) is 0 Å². The van der Waals surface area contributed by atoms with Gasteiger partial charge in [0.05, 0.1) is 25.5 Å². The van der Waals surface area contributed by atoms with Crippen LogP contribution in [0.5, 0.6) is 5.75 Å². The van der Waals surface area contributed by atoms with Crippen molar-refractivity contribution in [3.05, 3.63) is 59.7 Å². The molecular formula is C25H30N2O5S. The molecule has 2 aliphatic rings. The first-order valence-corrected chi connectivity index (χ1v) is 12.9. The highest BCUT2D eigenvalue weighted by molar-refractivity contribution is 7.89. The zero-order valence-corrected chi connectivity index (χ0v) is 19.9. The molecule has 0 bridgehead atoms. The molecule has 8 heteroatoms. The Morgan fingerprint density at radius 1 is 0.970 bits per heavy atom. The molecule has 2 amide bonds. The lowest BCUT2D eigenvalue weighted by molar-refractivity contribution is -0.140. The summed E-state index contributed by atoms with van der Waals surface area (Å²) in [5.74, 6) is -0.491. The Kier molecular flexibility index (Phi) is 6.86. The van der Waals surface area contributed by atoms with Gasteiger partial charge in [-0.25, -0.2) is 8.42 Å². The van der Waals surface area contributed by atoms with Crippen molar-refractivity contribution in [3.63, 3.8) is 0 Å². The smallest absolute Gasteiger partial charge is 0.247 e. The average Bonchev–Trinajstić information content (AvgIpc) is 3.08.